The molecule has 0 aliphatic carbocycles. The van der Waals surface area contributed by atoms with Crippen molar-refractivity contribution in [3.05, 3.63) is 27.7 Å². The maximum atomic E-state index is 10.7. The highest BCUT2D eigenvalue weighted by Crippen LogP contribution is 2.28. The topological polar surface area (TPSA) is 72.2 Å². The summed E-state index contributed by atoms with van der Waals surface area (Å²) in [6.45, 7) is 2.03. The third-order valence-corrected chi connectivity index (χ3v) is 3.44. The van der Waals surface area contributed by atoms with Crippen LogP contribution in [0.1, 0.15) is 5.56 Å². The minimum Gasteiger partial charge on any atom is -0.383 e. The van der Waals surface area contributed by atoms with Crippen LogP contribution in [0.4, 0.5) is 5.69 Å². The van der Waals surface area contributed by atoms with Crippen molar-refractivity contribution in [1.29, 1.82) is 0 Å². The van der Waals surface area contributed by atoms with E-state index in [2.05, 4.69) is 5.32 Å². The molecule has 1 aromatic rings. The molecular formula is C9H12Cl2N2O2S. The Morgan fingerprint density at radius 1 is 1.31 bits per heavy atom. The number of anilines is 1. The molecule has 1 aromatic carbocycles. The molecule has 3 N–H and O–H groups in total. The molecule has 1 rings (SSSR count). The SMILES string of the molecule is Cc1cc(Cl)c(NCCS(N)(=O)=O)cc1Cl. The van der Waals surface area contributed by atoms with Gasteiger partial charge in [-0.15, -0.1) is 0 Å². The molecule has 90 valence electrons. The Hall–Kier alpha value is -0.490. The van der Waals surface area contributed by atoms with Crippen molar-refractivity contribution in [2.75, 3.05) is 17.6 Å². The van der Waals surface area contributed by atoms with Crippen molar-refractivity contribution in [2.45, 2.75) is 6.92 Å². The van der Waals surface area contributed by atoms with Crippen LogP contribution in [0.15, 0.2) is 12.1 Å². The number of nitrogens with one attached hydrogen (secondary N) is 1. The van der Waals surface area contributed by atoms with E-state index in [1.54, 1.807) is 12.1 Å². The summed E-state index contributed by atoms with van der Waals surface area (Å²) < 4.78 is 21.4. The number of primary sulfonamides is 1. The smallest absolute Gasteiger partial charge is 0.210 e. The fourth-order valence-electron chi connectivity index (χ4n) is 1.11. The van der Waals surface area contributed by atoms with Crippen LogP contribution < -0.4 is 10.5 Å². The molecule has 0 amide bonds. The van der Waals surface area contributed by atoms with Gasteiger partial charge in [0.2, 0.25) is 10.0 Å². The summed E-state index contributed by atoms with van der Waals surface area (Å²) in [5.41, 5.74) is 1.46. The zero-order valence-corrected chi connectivity index (χ0v) is 11.0. The molecule has 0 aromatic heterocycles. The van der Waals surface area contributed by atoms with Gasteiger partial charge in [-0.05, 0) is 24.6 Å². The lowest BCUT2D eigenvalue weighted by Crippen LogP contribution is -2.22. The van der Waals surface area contributed by atoms with Gasteiger partial charge in [-0.1, -0.05) is 23.2 Å². The Balaban J connectivity index is 2.71. The zero-order chi connectivity index (χ0) is 12.3. The minimum atomic E-state index is -3.46. The summed E-state index contributed by atoms with van der Waals surface area (Å²) in [5, 5.41) is 8.80. The lowest BCUT2D eigenvalue weighted by atomic mass is 10.2. The van der Waals surface area contributed by atoms with Crippen molar-refractivity contribution in [1.82, 2.24) is 0 Å². The zero-order valence-electron chi connectivity index (χ0n) is 8.63. The number of aryl methyl sites for hydroxylation is 1. The first-order valence-electron chi connectivity index (χ1n) is 4.49. The quantitative estimate of drug-likeness (QED) is 0.887. The number of rotatable bonds is 4. The van der Waals surface area contributed by atoms with Gasteiger partial charge in [-0.2, -0.15) is 0 Å². The van der Waals surface area contributed by atoms with Gasteiger partial charge in [0, 0.05) is 11.6 Å². The maximum Gasteiger partial charge on any atom is 0.210 e. The van der Waals surface area contributed by atoms with E-state index in [0.717, 1.165) is 5.56 Å². The van der Waals surface area contributed by atoms with Crippen LogP contribution in [0, 0.1) is 6.92 Å². The van der Waals surface area contributed by atoms with E-state index in [-0.39, 0.29) is 12.3 Å². The number of halogens is 2. The number of benzene rings is 1. The molecule has 0 atom stereocenters. The largest absolute Gasteiger partial charge is 0.383 e. The summed E-state index contributed by atoms with van der Waals surface area (Å²) in [6, 6.07) is 3.37. The van der Waals surface area contributed by atoms with E-state index in [1.165, 1.54) is 0 Å². The molecule has 0 saturated heterocycles. The average Bonchev–Trinajstić information content (AvgIpc) is 2.11. The van der Waals surface area contributed by atoms with Crippen LogP contribution in [0.2, 0.25) is 10.0 Å². The lowest BCUT2D eigenvalue weighted by Gasteiger charge is -2.09. The van der Waals surface area contributed by atoms with E-state index in [4.69, 9.17) is 28.3 Å². The summed E-state index contributed by atoms with van der Waals surface area (Å²) >= 11 is 11.9. The van der Waals surface area contributed by atoms with E-state index < -0.39 is 10.0 Å². The number of hydrogen-bond acceptors (Lipinski definition) is 3. The number of hydrogen-bond donors (Lipinski definition) is 2. The Kier molecular flexibility index (Phi) is 4.43. The van der Waals surface area contributed by atoms with Gasteiger partial charge in [0.1, 0.15) is 0 Å². The van der Waals surface area contributed by atoms with Gasteiger partial charge in [0.15, 0.2) is 0 Å². The first-order chi connectivity index (χ1) is 7.29. The van der Waals surface area contributed by atoms with Crippen LogP contribution in [-0.2, 0) is 10.0 Å². The highest BCUT2D eigenvalue weighted by molar-refractivity contribution is 7.89. The third kappa shape index (κ3) is 4.17. The van der Waals surface area contributed by atoms with Crippen LogP contribution in [0.5, 0.6) is 0 Å². The van der Waals surface area contributed by atoms with Gasteiger partial charge in [0.05, 0.1) is 16.5 Å². The summed E-state index contributed by atoms with van der Waals surface area (Å²) in [6.07, 6.45) is 0. The second-order valence-corrected chi connectivity index (χ2v) is 5.92. The second-order valence-electron chi connectivity index (χ2n) is 3.37. The molecule has 0 aliphatic heterocycles. The van der Waals surface area contributed by atoms with Crippen LogP contribution in [-0.4, -0.2) is 20.7 Å². The summed E-state index contributed by atoms with van der Waals surface area (Å²) in [7, 11) is -3.46. The predicted octanol–water partition coefficient (Wildman–Crippen LogP) is 2.00. The standard InChI is InChI=1S/C9H12Cl2N2O2S/c1-6-4-8(11)9(5-7(6)10)13-2-3-16(12,14)15/h4-5,13H,2-3H2,1H3,(H2,12,14,15). The fourth-order valence-corrected chi connectivity index (χ4v) is 1.94. The molecule has 0 saturated carbocycles. The van der Waals surface area contributed by atoms with Crippen molar-refractivity contribution in [3.8, 4) is 0 Å². The van der Waals surface area contributed by atoms with E-state index in [0.29, 0.717) is 15.7 Å². The van der Waals surface area contributed by atoms with Gasteiger partial charge in [0.25, 0.3) is 0 Å². The van der Waals surface area contributed by atoms with Crippen molar-refractivity contribution < 1.29 is 8.42 Å². The van der Waals surface area contributed by atoms with E-state index in [1.807, 2.05) is 6.92 Å². The number of sulfonamides is 1. The van der Waals surface area contributed by atoms with Crippen molar-refractivity contribution in [3.63, 3.8) is 0 Å². The maximum absolute atomic E-state index is 10.7. The molecule has 0 radical (unpaired) electrons. The molecule has 7 heteroatoms. The van der Waals surface area contributed by atoms with Gasteiger partial charge >= 0.3 is 0 Å². The Bertz CT molecular complexity index is 489. The van der Waals surface area contributed by atoms with Crippen LogP contribution in [0.25, 0.3) is 0 Å². The second kappa shape index (κ2) is 5.23. The molecule has 0 bridgehead atoms. The Labute approximate surface area is 105 Å². The monoisotopic (exact) mass is 282 g/mol. The van der Waals surface area contributed by atoms with E-state index in [9.17, 15) is 8.42 Å². The average molecular weight is 283 g/mol. The molecule has 0 aliphatic rings. The van der Waals surface area contributed by atoms with Gasteiger partial charge in [-0.3, -0.25) is 0 Å². The molecule has 4 nitrogen and oxygen atoms in total. The van der Waals surface area contributed by atoms with E-state index >= 15 is 0 Å². The first kappa shape index (κ1) is 13.6. The number of nitrogens with two attached hydrogens (primary N) is 1. The third-order valence-electron chi connectivity index (χ3n) is 1.95. The Morgan fingerprint density at radius 2 is 1.94 bits per heavy atom. The molecule has 0 heterocycles. The normalized spacial score (nSPS) is 11.5. The van der Waals surface area contributed by atoms with Crippen LogP contribution >= 0.6 is 23.2 Å². The summed E-state index contributed by atoms with van der Waals surface area (Å²) in [4.78, 5) is 0. The Morgan fingerprint density at radius 3 is 2.50 bits per heavy atom. The van der Waals surface area contributed by atoms with Crippen molar-refractivity contribution >= 4 is 38.9 Å². The first-order valence-corrected chi connectivity index (χ1v) is 6.97. The van der Waals surface area contributed by atoms with Gasteiger partial charge < -0.3 is 5.32 Å². The highest BCUT2D eigenvalue weighted by atomic mass is 35.5. The predicted molar refractivity (Wildman–Crippen MR) is 67.7 cm³/mol. The molecule has 0 spiro atoms. The highest BCUT2D eigenvalue weighted by Gasteiger charge is 2.06. The molecule has 0 fully saturated rings. The molecule has 0 unspecified atom stereocenters. The molecule has 16 heavy (non-hydrogen) atoms. The lowest BCUT2D eigenvalue weighted by molar-refractivity contribution is 0.598. The van der Waals surface area contributed by atoms with Crippen LogP contribution in [0.3, 0.4) is 0 Å². The fraction of sp³-hybridized carbons (Fsp3) is 0.333. The van der Waals surface area contributed by atoms with Gasteiger partial charge in [-0.25, -0.2) is 13.6 Å². The molecular weight excluding hydrogens is 271 g/mol. The minimum absolute atomic E-state index is 0.158. The summed E-state index contributed by atoms with van der Waals surface area (Å²) in [5.74, 6) is -0.158. The van der Waals surface area contributed by atoms with Crippen molar-refractivity contribution in [2.24, 2.45) is 5.14 Å².